The second kappa shape index (κ2) is 14.0. The summed E-state index contributed by atoms with van der Waals surface area (Å²) in [4.78, 5) is 24.2. The minimum Gasteiger partial charge on any atom is -0.512 e. The van der Waals surface area contributed by atoms with Crippen LogP contribution < -0.4 is 10.1 Å². The maximum absolute atomic E-state index is 12.1. The monoisotopic (exact) mass is 587 g/mol. The van der Waals surface area contributed by atoms with Crippen molar-refractivity contribution < 1.29 is 28.9 Å². The molecular weight excluding hydrogens is 550 g/mol. The van der Waals surface area contributed by atoms with E-state index in [1.54, 1.807) is 19.9 Å². The van der Waals surface area contributed by atoms with Gasteiger partial charge in [-0.25, -0.2) is 4.79 Å². The van der Waals surface area contributed by atoms with Crippen LogP contribution in [0.1, 0.15) is 65.2 Å². The summed E-state index contributed by atoms with van der Waals surface area (Å²) < 4.78 is 17.6. The van der Waals surface area contributed by atoms with E-state index >= 15 is 0 Å². The van der Waals surface area contributed by atoms with E-state index < -0.39 is 11.7 Å². The number of amides is 1. The third-order valence-corrected chi connectivity index (χ3v) is 5.71. The number of benzene rings is 2. The van der Waals surface area contributed by atoms with Gasteiger partial charge in [-0.3, -0.25) is 4.79 Å². The van der Waals surface area contributed by atoms with E-state index in [-0.39, 0.29) is 30.6 Å². The Hall–Kier alpha value is -3.26. The molecule has 0 atom stereocenters. The van der Waals surface area contributed by atoms with Gasteiger partial charge in [0.05, 0.1) is 18.8 Å². The van der Waals surface area contributed by atoms with Crippen LogP contribution in [-0.2, 0) is 27.2 Å². The summed E-state index contributed by atoms with van der Waals surface area (Å²) in [6.45, 7) is 13.4. The van der Waals surface area contributed by atoms with Crippen LogP contribution in [0, 0.1) is 5.92 Å². The van der Waals surface area contributed by atoms with Gasteiger partial charge in [0.2, 0.25) is 0 Å². The van der Waals surface area contributed by atoms with Crippen LogP contribution in [-0.4, -0.2) is 29.4 Å². The predicted octanol–water partition coefficient (Wildman–Crippen LogP) is 7.49. The molecule has 0 radical (unpaired) electrons. The van der Waals surface area contributed by atoms with Crippen LogP contribution in [0.25, 0.3) is 5.57 Å². The molecule has 0 aliphatic carbocycles. The van der Waals surface area contributed by atoms with Crippen molar-refractivity contribution in [3.63, 3.8) is 0 Å². The van der Waals surface area contributed by atoms with Crippen molar-refractivity contribution in [1.29, 1.82) is 0 Å². The summed E-state index contributed by atoms with van der Waals surface area (Å²) in [5, 5.41) is 13.4. The van der Waals surface area contributed by atoms with Gasteiger partial charge in [0.1, 0.15) is 17.1 Å². The van der Waals surface area contributed by atoms with Gasteiger partial charge in [0.15, 0.2) is 0 Å². The third-order valence-electron chi connectivity index (χ3n) is 5.22. The number of esters is 1. The van der Waals surface area contributed by atoms with Gasteiger partial charge in [-0.1, -0.05) is 54.0 Å². The minimum absolute atomic E-state index is 0.0317. The van der Waals surface area contributed by atoms with Crippen LogP contribution in [0.3, 0.4) is 0 Å². The maximum atomic E-state index is 12.1. The van der Waals surface area contributed by atoms with Crippen LogP contribution in [0.15, 0.2) is 64.5 Å². The zero-order chi connectivity index (χ0) is 28.5. The van der Waals surface area contributed by atoms with Gasteiger partial charge in [-0.05, 0) is 70.0 Å². The van der Waals surface area contributed by atoms with Crippen molar-refractivity contribution >= 4 is 33.6 Å². The summed E-state index contributed by atoms with van der Waals surface area (Å²) in [5.41, 5.74) is 2.29. The van der Waals surface area contributed by atoms with E-state index in [1.165, 1.54) is 0 Å². The molecule has 7 nitrogen and oxygen atoms in total. The summed E-state index contributed by atoms with van der Waals surface area (Å²) in [7, 11) is 0. The zero-order valence-corrected chi connectivity index (χ0v) is 24.8. The number of carbonyl (C=O) groups is 2. The molecule has 2 aromatic carbocycles. The Morgan fingerprint density at radius 3 is 2.45 bits per heavy atom. The van der Waals surface area contributed by atoms with Crippen molar-refractivity contribution in [3.05, 3.63) is 81.2 Å². The number of hydrogen-bond donors (Lipinski definition) is 2. The average Bonchev–Trinajstić information content (AvgIpc) is 2.81. The molecule has 0 aliphatic rings. The van der Waals surface area contributed by atoms with Gasteiger partial charge in [-0.15, -0.1) is 0 Å². The van der Waals surface area contributed by atoms with Crippen molar-refractivity contribution in [2.45, 2.75) is 67.0 Å². The number of aliphatic hydroxyl groups excluding tert-OH is 1. The molecule has 0 unspecified atom stereocenters. The van der Waals surface area contributed by atoms with Crippen molar-refractivity contribution in [3.8, 4) is 5.75 Å². The molecule has 2 rings (SSSR count). The third kappa shape index (κ3) is 10.2. The molecule has 8 heteroatoms. The fraction of sp³-hybridized carbons (Fsp3) is 0.400. The summed E-state index contributed by atoms with van der Waals surface area (Å²) >= 11 is 3.48. The number of halogens is 1. The second-order valence-electron chi connectivity index (χ2n) is 10.1. The molecular formula is C30H38BrNO6. The molecule has 0 saturated carbocycles. The van der Waals surface area contributed by atoms with E-state index in [1.807, 2.05) is 77.1 Å². The largest absolute Gasteiger partial charge is 0.512 e. The average molecular weight is 589 g/mol. The Kier molecular flexibility index (Phi) is 11.4. The lowest BCUT2D eigenvalue weighted by Crippen LogP contribution is -2.32. The Labute approximate surface area is 234 Å². The summed E-state index contributed by atoms with van der Waals surface area (Å²) in [6.07, 6.45) is 1.38. The number of ether oxygens (including phenoxy) is 3. The van der Waals surface area contributed by atoms with Gasteiger partial charge in [0, 0.05) is 28.1 Å². The molecule has 0 aliphatic heterocycles. The summed E-state index contributed by atoms with van der Waals surface area (Å²) in [5.74, 6) is 0.880. The molecule has 1 amide bonds. The summed E-state index contributed by atoms with van der Waals surface area (Å²) in [6, 6.07) is 13.0. The van der Waals surface area contributed by atoms with E-state index in [0.717, 1.165) is 15.6 Å². The molecule has 0 fully saturated rings. The number of carbonyl (C=O) groups excluding carboxylic acids is 2. The molecule has 0 aromatic heterocycles. The van der Waals surface area contributed by atoms with Crippen LogP contribution in [0.2, 0.25) is 0 Å². The lowest BCUT2D eigenvalue weighted by molar-refractivity contribution is -0.142. The quantitative estimate of drug-likeness (QED) is 0.170. The first kappa shape index (κ1) is 31.0. The van der Waals surface area contributed by atoms with Crippen molar-refractivity contribution in [2.24, 2.45) is 5.92 Å². The Balaban J connectivity index is 2.36. The number of rotatable bonds is 10. The highest BCUT2D eigenvalue weighted by molar-refractivity contribution is 9.10. The minimum atomic E-state index is -0.585. The first-order chi connectivity index (χ1) is 17.8. The van der Waals surface area contributed by atoms with Gasteiger partial charge in [0.25, 0.3) is 0 Å². The van der Waals surface area contributed by atoms with Crippen molar-refractivity contribution in [2.75, 3.05) is 6.61 Å². The highest BCUT2D eigenvalue weighted by Gasteiger charge is 2.17. The maximum Gasteiger partial charge on any atom is 0.407 e. The predicted molar refractivity (Wildman–Crippen MR) is 153 cm³/mol. The molecule has 0 heterocycles. The standard InChI is InChI=1S/C30H38BrNO6/c1-8-36-28(34)15-23-12-13-24(31)16-27(23)37-26(19(2)3)17-25(20(4)33)22-11-9-10-21(14-22)18-32-29(35)38-30(5,6)7/h9-14,16-17,19,33H,8,15,18H2,1-7H3,(H,32,35)/b25-20-,26-17+. The van der Waals surface area contributed by atoms with E-state index in [0.29, 0.717) is 29.3 Å². The van der Waals surface area contributed by atoms with E-state index in [2.05, 4.69) is 21.2 Å². The first-order valence-electron chi connectivity index (χ1n) is 12.6. The van der Waals surface area contributed by atoms with Gasteiger partial charge >= 0.3 is 12.1 Å². The number of nitrogens with one attached hydrogen (secondary N) is 1. The SMILES string of the molecule is CCOC(=O)Cc1ccc(Br)cc1O/C(=C/C(=C(\C)O)c1cccc(CNC(=O)OC(C)(C)C)c1)C(C)C. The Morgan fingerprint density at radius 1 is 1.13 bits per heavy atom. The van der Waals surface area contributed by atoms with Gasteiger partial charge < -0.3 is 24.6 Å². The molecule has 2 aromatic rings. The number of alkyl carbamates (subject to hydrolysis) is 1. The van der Waals surface area contributed by atoms with Crippen LogP contribution in [0.4, 0.5) is 4.79 Å². The topological polar surface area (TPSA) is 94.1 Å². The Morgan fingerprint density at radius 2 is 1.84 bits per heavy atom. The number of hydrogen-bond acceptors (Lipinski definition) is 6. The van der Waals surface area contributed by atoms with Crippen LogP contribution >= 0.6 is 15.9 Å². The first-order valence-corrected chi connectivity index (χ1v) is 13.4. The fourth-order valence-electron chi connectivity index (χ4n) is 3.45. The normalized spacial score (nSPS) is 12.6. The highest BCUT2D eigenvalue weighted by Crippen LogP contribution is 2.30. The lowest BCUT2D eigenvalue weighted by Gasteiger charge is -2.20. The highest BCUT2D eigenvalue weighted by atomic mass is 79.9. The van der Waals surface area contributed by atoms with Gasteiger partial charge in [-0.2, -0.15) is 0 Å². The van der Waals surface area contributed by atoms with E-state index in [4.69, 9.17) is 14.2 Å². The zero-order valence-electron chi connectivity index (χ0n) is 23.2. The van der Waals surface area contributed by atoms with E-state index in [9.17, 15) is 14.7 Å². The molecule has 0 spiro atoms. The molecule has 38 heavy (non-hydrogen) atoms. The molecule has 0 saturated heterocycles. The number of aliphatic hydroxyl groups is 1. The second-order valence-corrected chi connectivity index (χ2v) is 11.0. The Bertz CT molecular complexity index is 1190. The van der Waals surface area contributed by atoms with Crippen LogP contribution in [0.5, 0.6) is 5.75 Å². The number of allylic oxidation sites excluding steroid dienone is 4. The molecule has 0 bridgehead atoms. The smallest absolute Gasteiger partial charge is 0.407 e. The fourth-order valence-corrected chi connectivity index (χ4v) is 3.79. The molecule has 2 N–H and O–H groups in total. The van der Waals surface area contributed by atoms with Crippen molar-refractivity contribution in [1.82, 2.24) is 5.32 Å². The lowest BCUT2D eigenvalue weighted by atomic mass is 9.99. The molecule has 206 valence electrons.